The van der Waals surface area contributed by atoms with Gasteiger partial charge in [-0.05, 0) is 55.0 Å². The maximum absolute atomic E-state index is 13.2. The summed E-state index contributed by atoms with van der Waals surface area (Å²) in [6.07, 6.45) is 4.98. The summed E-state index contributed by atoms with van der Waals surface area (Å²) in [4.78, 5) is 20.3. The molecule has 200 valence electrons. The minimum Gasteiger partial charge on any atom is -0.381 e. The largest absolute Gasteiger partial charge is 0.381 e. The highest BCUT2D eigenvalue weighted by molar-refractivity contribution is 6.02. The van der Waals surface area contributed by atoms with Crippen LogP contribution in [0, 0.1) is 5.41 Å². The van der Waals surface area contributed by atoms with Gasteiger partial charge in [0.1, 0.15) is 5.52 Å². The highest BCUT2D eigenvalue weighted by Gasteiger charge is 2.34. The van der Waals surface area contributed by atoms with Gasteiger partial charge >= 0.3 is 5.69 Å². The fourth-order valence-electron chi connectivity index (χ4n) is 5.82. The van der Waals surface area contributed by atoms with E-state index in [2.05, 4.69) is 46.1 Å². The molecule has 1 aliphatic heterocycles. The second-order valence-corrected chi connectivity index (χ2v) is 11.6. The van der Waals surface area contributed by atoms with E-state index >= 15 is 0 Å². The predicted molar refractivity (Wildman–Crippen MR) is 147 cm³/mol. The molecule has 1 saturated heterocycles. The maximum atomic E-state index is 13.2. The standard InChI is InChI=1S/C29H36N6O3/c1-29(2)9-10-34(18-29)11-12-38-17-21-7-5-20(16-30-21)19-6-8-25-24(13-19)26-27(32-31-25)33(3)28(36)35(26)22-14-23(15-22)37-4/h5-8,13,16,22-23H,9-12,14-15,17-18H2,1-4H3. The molecule has 1 aliphatic carbocycles. The van der Waals surface area contributed by atoms with Crippen molar-refractivity contribution in [2.45, 2.75) is 51.9 Å². The number of likely N-dealkylation sites (tertiary alicyclic amines) is 1. The molecule has 4 heterocycles. The molecule has 9 nitrogen and oxygen atoms in total. The van der Waals surface area contributed by atoms with Gasteiger partial charge in [-0.25, -0.2) is 4.79 Å². The Morgan fingerprint density at radius 3 is 2.63 bits per heavy atom. The molecular formula is C29H36N6O3. The molecular weight excluding hydrogens is 480 g/mol. The quantitative estimate of drug-likeness (QED) is 0.328. The van der Waals surface area contributed by atoms with Crippen molar-refractivity contribution < 1.29 is 9.47 Å². The van der Waals surface area contributed by atoms with Gasteiger partial charge in [-0.3, -0.25) is 14.1 Å². The third-order valence-electron chi connectivity index (χ3n) is 8.25. The monoisotopic (exact) mass is 516 g/mol. The molecule has 2 fully saturated rings. The van der Waals surface area contributed by atoms with Gasteiger partial charge in [-0.2, -0.15) is 0 Å². The molecule has 0 spiro atoms. The number of ether oxygens (including phenoxy) is 2. The van der Waals surface area contributed by atoms with Crippen LogP contribution in [0.5, 0.6) is 0 Å². The molecule has 0 N–H and O–H groups in total. The Bertz CT molecular complexity index is 1520. The number of aryl methyl sites for hydroxylation is 1. The molecule has 9 heteroatoms. The lowest BCUT2D eigenvalue weighted by Crippen LogP contribution is -2.37. The minimum atomic E-state index is -0.0637. The third kappa shape index (κ3) is 4.63. The fraction of sp³-hybridized carbons (Fsp3) is 0.517. The van der Waals surface area contributed by atoms with E-state index < -0.39 is 0 Å². The van der Waals surface area contributed by atoms with Crippen molar-refractivity contribution in [3.63, 3.8) is 0 Å². The van der Waals surface area contributed by atoms with Crippen molar-refractivity contribution in [2.24, 2.45) is 12.5 Å². The van der Waals surface area contributed by atoms with Crippen molar-refractivity contribution in [2.75, 3.05) is 33.4 Å². The van der Waals surface area contributed by atoms with E-state index in [1.165, 1.54) is 6.42 Å². The SMILES string of the molecule is COC1CC(n2c(=O)n(C)c3nnc4ccc(-c5ccc(COCCN6CCC(C)(C)C6)nc5)cc4c32)C1. The molecule has 3 aromatic heterocycles. The van der Waals surface area contributed by atoms with Crippen LogP contribution in [0.1, 0.15) is 44.8 Å². The number of fused-ring (bicyclic) bond motifs is 3. The Morgan fingerprint density at radius 2 is 1.92 bits per heavy atom. The lowest BCUT2D eigenvalue weighted by molar-refractivity contribution is 0.00635. The zero-order valence-corrected chi connectivity index (χ0v) is 22.7. The molecule has 0 radical (unpaired) electrons. The summed E-state index contributed by atoms with van der Waals surface area (Å²) in [7, 11) is 3.48. The molecule has 4 aromatic rings. The highest BCUT2D eigenvalue weighted by atomic mass is 16.5. The minimum absolute atomic E-state index is 0.0637. The molecule has 0 atom stereocenters. The van der Waals surface area contributed by atoms with Crippen LogP contribution in [0.25, 0.3) is 33.2 Å². The van der Waals surface area contributed by atoms with Gasteiger partial charge in [0, 0.05) is 50.4 Å². The lowest BCUT2D eigenvalue weighted by Gasteiger charge is -2.34. The molecule has 0 amide bonds. The summed E-state index contributed by atoms with van der Waals surface area (Å²) in [6, 6.07) is 10.3. The number of methoxy groups -OCH3 is 1. The van der Waals surface area contributed by atoms with Crippen molar-refractivity contribution >= 4 is 22.1 Å². The predicted octanol–water partition coefficient (Wildman–Crippen LogP) is 3.94. The van der Waals surface area contributed by atoms with Crippen LogP contribution in [-0.2, 0) is 23.1 Å². The number of hydrogen-bond donors (Lipinski definition) is 0. The van der Waals surface area contributed by atoms with Crippen LogP contribution in [0.4, 0.5) is 0 Å². The van der Waals surface area contributed by atoms with Crippen LogP contribution < -0.4 is 5.69 Å². The molecule has 1 saturated carbocycles. The second-order valence-electron chi connectivity index (χ2n) is 11.6. The van der Waals surface area contributed by atoms with Gasteiger partial charge in [-0.1, -0.05) is 26.0 Å². The molecule has 6 rings (SSSR count). The average Bonchev–Trinajstić information content (AvgIpc) is 3.37. The van der Waals surface area contributed by atoms with Crippen LogP contribution in [-0.4, -0.2) is 68.7 Å². The van der Waals surface area contributed by atoms with Crippen LogP contribution in [0.15, 0.2) is 41.3 Å². The van der Waals surface area contributed by atoms with Crippen molar-refractivity contribution in [1.29, 1.82) is 0 Å². The number of aromatic nitrogens is 5. The Kier molecular flexibility index (Phi) is 6.53. The number of rotatable bonds is 8. The summed E-state index contributed by atoms with van der Waals surface area (Å²) in [5.74, 6) is 0. The van der Waals surface area contributed by atoms with Gasteiger partial charge in [0.2, 0.25) is 0 Å². The van der Waals surface area contributed by atoms with Gasteiger partial charge in [0.15, 0.2) is 5.65 Å². The average molecular weight is 517 g/mol. The normalized spacial score (nSPS) is 21.4. The number of benzene rings is 1. The van der Waals surface area contributed by atoms with Crippen molar-refractivity contribution in [3.8, 4) is 11.1 Å². The number of hydrogen-bond acceptors (Lipinski definition) is 7. The first-order valence-electron chi connectivity index (χ1n) is 13.5. The molecule has 38 heavy (non-hydrogen) atoms. The van der Waals surface area contributed by atoms with Crippen LogP contribution >= 0.6 is 0 Å². The van der Waals surface area contributed by atoms with Gasteiger partial charge < -0.3 is 14.4 Å². The van der Waals surface area contributed by atoms with E-state index in [0.717, 1.165) is 65.7 Å². The summed E-state index contributed by atoms with van der Waals surface area (Å²) < 4.78 is 14.9. The van der Waals surface area contributed by atoms with E-state index in [1.54, 1.807) is 18.7 Å². The third-order valence-corrected chi connectivity index (χ3v) is 8.25. The summed E-state index contributed by atoms with van der Waals surface area (Å²) in [5.41, 5.74) is 5.50. The summed E-state index contributed by atoms with van der Waals surface area (Å²) >= 11 is 0. The Balaban J connectivity index is 1.21. The first-order valence-corrected chi connectivity index (χ1v) is 13.5. The second kappa shape index (κ2) is 9.87. The molecule has 0 unspecified atom stereocenters. The Hall–Kier alpha value is -3.14. The van der Waals surface area contributed by atoms with Gasteiger partial charge in [-0.15, -0.1) is 10.2 Å². The van der Waals surface area contributed by atoms with E-state index in [9.17, 15) is 4.79 Å². The zero-order valence-electron chi connectivity index (χ0n) is 22.7. The zero-order chi connectivity index (χ0) is 26.4. The van der Waals surface area contributed by atoms with Crippen LogP contribution in [0.3, 0.4) is 0 Å². The molecule has 0 bridgehead atoms. The van der Waals surface area contributed by atoms with Gasteiger partial charge in [0.05, 0.1) is 30.5 Å². The van der Waals surface area contributed by atoms with E-state index in [4.69, 9.17) is 9.47 Å². The smallest absolute Gasteiger partial charge is 0.330 e. The maximum Gasteiger partial charge on any atom is 0.330 e. The first kappa shape index (κ1) is 25.2. The Morgan fingerprint density at radius 1 is 1.11 bits per heavy atom. The van der Waals surface area contributed by atoms with Gasteiger partial charge in [0.25, 0.3) is 0 Å². The van der Waals surface area contributed by atoms with Crippen LogP contribution in [0.2, 0.25) is 0 Å². The summed E-state index contributed by atoms with van der Waals surface area (Å²) in [5, 5.41) is 9.71. The lowest BCUT2D eigenvalue weighted by atomic mass is 9.89. The van der Waals surface area contributed by atoms with E-state index in [1.807, 2.05) is 29.0 Å². The number of nitrogens with zero attached hydrogens (tertiary/aromatic N) is 6. The number of imidazole rings is 1. The molecule has 1 aromatic carbocycles. The van der Waals surface area contributed by atoms with Crippen molar-refractivity contribution in [1.82, 2.24) is 29.2 Å². The number of pyridine rings is 1. The van der Waals surface area contributed by atoms with E-state index in [0.29, 0.717) is 24.3 Å². The van der Waals surface area contributed by atoms with E-state index in [-0.39, 0.29) is 17.8 Å². The molecule has 2 aliphatic rings. The first-order chi connectivity index (χ1) is 18.3. The van der Waals surface area contributed by atoms with Crippen molar-refractivity contribution in [3.05, 3.63) is 52.7 Å². The Labute approximate surface area is 222 Å². The fourth-order valence-corrected chi connectivity index (χ4v) is 5.82. The highest BCUT2D eigenvalue weighted by Crippen LogP contribution is 2.37. The topological polar surface area (TPSA) is 87.3 Å². The summed E-state index contributed by atoms with van der Waals surface area (Å²) in [6.45, 7) is 9.13.